The highest BCUT2D eigenvalue weighted by atomic mass is 32.1. The van der Waals surface area contributed by atoms with Crippen LogP contribution in [0.1, 0.15) is 22.3 Å². The SMILES string of the molecule is Cc1ccc(-c2nnc3n2CCNC3c2ccccc2)s1. The Labute approximate surface area is 127 Å². The maximum absolute atomic E-state index is 4.46. The van der Waals surface area contributed by atoms with Crippen LogP contribution >= 0.6 is 11.3 Å². The Morgan fingerprint density at radius 3 is 2.76 bits per heavy atom. The van der Waals surface area contributed by atoms with Gasteiger partial charge in [-0.05, 0) is 24.6 Å². The van der Waals surface area contributed by atoms with E-state index in [0.717, 1.165) is 24.7 Å². The maximum Gasteiger partial charge on any atom is 0.174 e. The van der Waals surface area contributed by atoms with E-state index in [1.54, 1.807) is 11.3 Å². The first-order chi connectivity index (χ1) is 10.3. The van der Waals surface area contributed by atoms with E-state index in [9.17, 15) is 0 Å². The van der Waals surface area contributed by atoms with Crippen molar-refractivity contribution in [3.8, 4) is 10.7 Å². The van der Waals surface area contributed by atoms with E-state index in [0.29, 0.717) is 0 Å². The molecule has 0 radical (unpaired) electrons. The normalized spacial score (nSPS) is 17.7. The number of hydrogen-bond donors (Lipinski definition) is 1. The van der Waals surface area contributed by atoms with Crippen LogP contribution in [0.3, 0.4) is 0 Å². The van der Waals surface area contributed by atoms with Crippen LogP contribution in [0.25, 0.3) is 10.7 Å². The number of rotatable bonds is 2. The molecule has 1 aromatic carbocycles. The largest absolute Gasteiger partial charge is 0.307 e. The third-order valence-corrected chi connectivity index (χ3v) is 4.81. The molecule has 0 saturated carbocycles. The maximum atomic E-state index is 4.46. The summed E-state index contributed by atoms with van der Waals surface area (Å²) in [5.41, 5.74) is 1.24. The second-order valence-corrected chi connectivity index (χ2v) is 6.53. The van der Waals surface area contributed by atoms with Crippen molar-refractivity contribution in [2.45, 2.75) is 19.5 Å². The van der Waals surface area contributed by atoms with Gasteiger partial charge in [-0.1, -0.05) is 30.3 Å². The van der Waals surface area contributed by atoms with Crippen LogP contribution in [0, 0.1) is 6.92 Å². The summed E-state index contributed by atoms with van der Waals surface area (Å²) in [6.45, 7) is 3.97. The topological polar surface area (TPSA) is 42.7 Å². The highest BCUT2D eigenvalue weighted by Crippen LogP contribution is 2.31. The number of nitrogens with one attached hydrogen (secondary N) is 1. The van der Waals surface area contributed by atoms with Gasteiger partial charge in [-0.2, -0.15) is 0 Å². The second-order valence-electron chi connectivity index (χ2n) is 5.24. The minimum atomic E-state index is 0.127. The van der Waals surface area contributed by atoms with Gasteiger partial charge < -0.3 is 9.88 Å². The Bertz CT molecular complexity index is 760. The number of thiophene rings is 1. The Kier molecular flexibility index (Phi) is 3.09. The fourth-order valence-electron chi connectivity index (χ4n) is 2.81. The van der Waals surface area contributed by atoms with Crippen LogP contribution in [-0.4, -0.2) is 21.3 Å². The first kappa shape index (κ1) is 12.7. The molecule has 0 spiro atoms. The van der Waals surface area contributed by atoms with Gasteiger partial charge in [-0.25, -0.2) is 0 Å². The molecule has 1 aliphatic heterocycles. The minimum Gasteiger partial charge on any atom is -0.307 e. The molecule has 4 nitrogen and oxygen atoms in total. The van der Waals surface area contributed by atoms with E-state index >= 15 is 0 Å². The Balaban J connectivity index is 1.79. The Hall–Kier alpha value is -1.98. The summed E-state index contributed by atoms with van der Waals surface area (Å²) < 4.78 is 2.25. The van der Waals surface area contributed by atoms with Gasteiger partial charge in [0.15, 0.2) is 11.6 Å². The van der Waals surface area contributed by atoms with E-state index in [1.165, 1.54) is 15.3 Å². The smallest absolute Gasteiger partial charge is 0.174 e. The molecule has 3 heterocycles. The quantitative estimate of drug-likeness (QED) is 0.790. The van der Waals surface area contributed by atoms with Crippen LogP contribution in [0.5, 0.6) is 0 Å². The van der Waals surface area contributed by atoms with Gasteiger partial charge in [0.1, 0.15) is 0 Å². The highest BCUT2D eigenvalue weighted by Gasteiger charge is 2.26. The first-order valence-corrected chi connectivity index (χ1v) is 7.93. The third kappa shape index (κ3) is 2.18. The van der Waals surface area contributed by atoms with Gasteiger partial charge in [0.2, 0.25) is 0 Å². The lowest BCUT2D eigenvalue weighted by atomic mass is 10.1. The fraction of sp³-hybridized carbons (Fsp3) is 0.250. The second kappa shape index (κ2) is 5.09. The molecule has 2 aromatic heterocycles. The van der Waals surface area contributed by atoms with Crippen molar-refractivity contribution in [1.29, 1.82) is 0 Å². The molecule has 1 atom stereocenters. The number of hydrogen-bond acceptors (Lipinski definition) is 4. The highest BCUT2D eigenvalue weighted by molar-refractivity contribution is 7.15. The van der Waals surface area contributed by atoms with Crippen molar-refractivity contribution in [2.75, 3.05) is 6.54 Å². The summed E-state index contributed by atoms with van der Waals surface area (Å²) in [5.74, 6) is 2.00. The van der Waals surface area contributed by atoms with E-state index in [1.807, 2.05) is 6.07 Å². The monoisotopic (exact) mass is 296 g/mol. The molecule has 0 bridgehead atoms. The van der Waals surface area contributed by atoms with Crippen LogP contribution < -0.4 is 5.32 Å². The van der Waals surface area contributed by atoms with E-state index < -0.39 is 0 Å². The van der Waals surface area contributed by atoms with Crippen LogP contribution in [-0.2, 0) is 6.54 Å². The number of benzene rings is 1. The molecule has 4 rings (SSSR count). The van der Waals surface area contributed by atoms with Crippen molar-refractivity contribution in [3.63, 3.8) is 0 Å². The van der Waals surface area contributed by atoms with Gasteiger partial charge in [0, 0.05) is 18.0 Å². The molecule has 0 saturated heterocycles. The molecule has 0 fully saturated rings. The van der Waals surface area contributed by atoms with Gasteiger partial charge in [-0.3, -0.25) is 0 Å². The molecule has 1 unspecified atom stereocenters. The first-order valence-electron chi connectivity index (χ1n) is 7.11. The van der Waals surface area contributed by atoms with E-state index in [2.05, 4.69) is 63.4 Å². The van der Waals surface area contributed by atoms with E-state index in [-0.39, 0.29) is 6.04 Å². The van der Waals surface area contributed by atoms with E-state index in [4.69, 9.17) is 0 Å². The lowest BCUT2D eigenvalue weighted by Crippen LogP contribution is -2.34. The molecule has 1 N–H and O–H groups in total. The average molecular weight is 296 g/mol. The Morgan fingerprint density at radius 2 is 2.00 bits per heavy atom. The lowest BCUT2D eigenvalue weighted by Gasteiger charge is -2.25. The van der Waals surface area contributed by atoms with Gasteiger partial charge in [-0.15, -0.1) is 21.5 Å². The van der Waals surface area contributed by atoms with Crippen molar-refractivity contribution in [3.05, 3.63) is 58.7 Å². The average Bonchev–Trinajstić information content (AvgIpc) is 3.13. The molecule has 21 heavy (non-hydrogen) atoms. The summed E-state index contributed by atoms with van der Waals surface area (Å²) in [7, 11) is 0. The standard InChI is InChI=1S/C16H16N4S/c1-11-7-8-13(21-11)15-18-19-16-14(17-9-10-20(15)16)12-5-3-2-4-6-12/h2-8,14,17H,9-10H2,1H3. The molecular weight excluding hydrogens is 280 g/mol. The number of nitrogens with zero attached hydrogens (tertiary/aromatic N) is 3. The van der Waals surface area contributed by atoms with Gasteiger partial charge >= 0.3 is 0 Å². The van der Waals surface area contributed by atoms with Crippen molar-refractivity contribution in [1.82, 2.24) is 20.1 Å². The van der Waals surface area contributed by atoms with Crippen LogP contribution in [0.15, 0.2) is 42.5 Å². The minimum absolute atomic E-state index is 0.127. The molecule has 5 heteroatoms. The summed E-state index contributed by atoms with van der Waals surface area (Å²) in [6, 6.07) is 14.8. The zero-order chi connectivity index (χ0) is 14.2. The molecule has 0 aliphatic carbocycles. The van der Waals surface area contributed by atoms with Crippen LogP contribution in [0.4, 0.5) is 0 Å². The molecule has 1 aliphatic rings. The van der Waals surface area contributed by atoms with Crippen molar-refractivity contribution >= 4 is 11.3 Å². The zero-order valence-electron chi connectivity index (χ0n) is 11.8. The summed E-state index contributed by atoms with van der Waals surface area (Å²) in [5, 5.41) is 12.4. The lowest BCUT2D eigenvalue weighted by molar-refractivity contribution is 0.458. The Morgan fingerprint density at radius 1 is 1.14 bits per heavy atom. The summed E-state index contributed by atoms with van der Waals surface area (Å²) >= 11 is 1.77. The molecule has 0 amide bonds. The van der Waals surface area contributed by atoms with Crippen molar-refractivity contribution < 1.29 is 0 Å². The number of aromatic nitrogens is 3. The predicted octanol–water partition coefficient (Wildman–Crippen LogP) is 3.01. The van der Waals surface area contributed by atoms with Crippen molar-refractivity contribution in [2.24, 2.45) is 0 Å². The fourth-order valence-corrected chi connectivity index (χ4v) is 3.67. The van der Waals surface area contributed by atoms with Gasteiger partial charge in [0.25, 0.3) is 0 Å². The zero-order valence-corrected chi connectivity index (χ0v) is 12.6. The predicted molar refractivity (Wildman–Crippen MR) is 84.4 cm³/mol. The summed E-state index contributed by atoms with van der Waals surface area (Å²) in [4.78, 5) is 2.50. The third-order valence-electron chi connectivity index (χ3n) is 3.82. The number of fused-ring (bicyclic) bond motifs is 1. The molecule has 3 aromatic rings. The number of aryl methyl sites for hydroxylation is 1. The summed E-state index contributed by atoms with van der Waals surface area (Å²) in [6.07, 6.45) is 0. The molecule has 106 valence electrons. The van der Waals surface area contributed by atoms with Gasteiger partial charge in [0.05, 0.1) is 10.9 Å². The van der Waals surface area contributed by atoms with Crippen LogP contribution in [0.2, 0.25) is 0 Å². The molecular formula is C16H16N4S.